The molecule has 1 fully saturated rings. The number of aromatic nitrogens is 1. The molecule has 3 nitrogen and oxygen atoms in total. The molecule has 1 saturated heterocycles. The molecule has 2 rings (SSSR count). The quantitative estimate of drug-likeness (QED) is 0.739. The topological polar surface area (TPSA) is 25.4 Å². The van der Waals surface area contributed by atoms with Crippen molar-refractivity contribution in [3.8, 4) is 0 Å². The maximum atomic E-state index is 6.14. The minimum atomic E-state index is 0.145. The fourth-order valence-corrected chi connectivity index (χ4v) is 2.62. The zero-order valence-corrected chi connectivity index (χ0v) is 11.9. The van der Waals surface area contributed by atoms with Crippen LogP contribution in [0.5, 0.6) is 0 Å². The van der Waals surface area contributed by atoms with Gasteiger partial charge >= 0.3 is 0 Å². The lowest BCUT2D eigenvalue weighted by Gasteiger charge is -2.36. The van der Waals surface area contributed by atoms with Gasteiger partial charge in [0.2, 0.25) is 0 Å². The average molecular weight is 296 g/mol. The number of pyridine rings is 1. The van der Waals surface area contributed by atoms with Gasteiger partial charge < -0.3 is 9.64 Å². The van der Waals surface area contributed by atoms with Crippen LogP contribution in [0.1, 0.15) is 13.8 Å². The molecule has 1 aromatic heterocycles. The van der Waals surface area contributed by atoms with Gasteiger partial charge in [0.05, 0.1) is 22.3 Å². The van der Waals surface area contributed by atoms with Crippen LogP contribution in [0.15, 0.2) is 6.07 Å². The molecule has 0 spiro atoms. The second-order valence-corrected chi connectivity index (χ2v) is 5.40. The molecule has 17 heavy (non-hydrogen) atoms. The first-order chi connectivity index (χ1) is 7.97. The summed E-state index contributed by atoms with van der Waals surface area (Å²) < 4.78 is 5.66. The molecular weight excluding hydrogens is 282 g/mol. The smallest absolute Gasteiger partial charge is 0.150 e. The van der Waals surface area contributed by atoms with Crippen molar-refractivity contribution in [2.24, 2.45) is 0 Å². The molecule has 0 radical (unpaired) electrons. The van der Waals surface area contributed by atoms with Gasteiger partial charge in [-0.15, -0.1) is 0 Å². The van der Waals surface area contributed by atoms with Crippen LogP contribution in [0.4, 0.5) is 5.82 Å². The highest BCUT2D eigenvalue weighted by atomic mass is 35.5. The van der Waals surface area contributed by atoms with Crippen LogP contribution in [0, 0.1) is 0 Å². The lowest BCUT2D eigenvalue weighted by atomic mass is 10.2. The van der Waals surface area contributed by atoms with E-state index < -0.39 is 0 Å². The zero-order chi connectivity index (χ0) is 12.6. The Balaban J connectivity index is 2.30. The number of rotatable bonds is 1. The number of nitrogens with zero attached hydrogens (tertiary/aromatic N) is 2. The Bertz CT molecular complexity index is 417. The van der Waals surface area contributed by atoms with E-state index in [1.807, 2.05) is 13.8 Å². The minimum absolute atomic E-state index is 0.145. The number of ether oxygens (including phenoxy) is 1. The SMILES string of the molecule is C[C@@H]1CN(c2nc(Cl)c(Cl)cc2Cl)C[C@H](C)O1. The van der Waals surface area contributed by atoms with E-state index in [1.54, 1.807) is 6.07 Å². The molecule has 1 aliphatic heterocycles. The largest absolute Gasteiger partial charge is 0.372 e. The lowest BCUT2D eigenvalue weighted by Crippen LogP contribution is -2.46. The zero-order valence-electron chi connectivity index (χ0n) is 9.58. The molecule has 0 N–H and O–H groups in total. The summed E-state index contributed by atoms with van der Waals surface area (Å²) in [6.07, 6.45) is 0.289. The fraction of sp³-hybridized carbons (Fsp3) is 0.545. The maximum Gasteiger partial charge on any atom is 0.150 e. The molecule has 94 valence electrons. The molecule has 0 unspecified atom stereocenters. The van der Waals surface area contributed by atoms with E-state index in [0.29, 0.717) is 15.9 Å². The van der Waals surface area contributed by atoms with Gasteiger partial charge in [-0.1, -0.05) is 34.8 Å². The predicted molar refractivity (Wildman–Crippen MR) is 71.5 cm³/mol. The van der Waals surface area contributed by atoms with Crippen molar-refractivity contribution in [3.05, 3.63) is 21.3 Å². The second-order valence-electron chi connectivity index (χ2n) is 4.23. The summed E-state index contributed by atoms with van der Waals surface area (Å²) >= 11 is 17.9. The van der Waals surface area contributed by atoms with Gasteiger partial charge in [0, 0.05) is 13.1 Å². The van der Waals surface area contributed by atoms with Gasteiger partial charge in [-0.3, -0.25) is 0 Å². The third-order valence-corrected chi connectivity index (χ3v) is 3.54. The Kier molecular flexibility index (Phi) is 4.03. The number of hydrogen-bond acceptors (Lipinski definition) is 3. The third kappa shape index (κ3) is 2.97. The number of hydrogen-bond donors (Lipinski definition) is 0. The minimum Gasteiger partial charge on any atom is -0.372 e. The van der Waals surface area contributed by atoms with Crippen molar-refractivity contribution in [1.82, 2.24) is 4.98 Å². The number of anilines is 1. The second kappa shape index (κ2) is 5.19. The van der Waals surface area contributed by atoms with Crippen molar-refractivity contribution in [2.75, 3.05) is 18.0 Å². The summed E-state index contributed by atoms with van der Waals surface area (Å²) in [5.41, 5.74) is 0. The highest BCUT2D eigenvalue weighted by molar-refractivity contribution is 6.42. The van der Waals surface area contributed by atoms with Gasteiger partial charge in [0.15, 0.2) is 0 Å². The Morgan fingerprint density at radius 3 is 2.35 bits per heavy atom. The van der Waals surface area contributed by atoms with Gasteiger partial charge in [-0.05, 0) is 19.9 Å². The molecule has 0 aromatic carbocycles. The molecule has 2 heterocycles. The number of halogens is 3. The normalized spacial score (nSPS) is 25.1. The van der Waals surface area contributed by atoms with Gasteiger partial charge in [-0.25, -0.2) is 4.98 Å². The summed E-state index contributed by atoms with van der Waals surface area (Å²) in [7, 11) is 0. The van der Waals surface area contributed by atoms with E-state index in [1.165, 1.54) is 0 Å². The molecule has 0 bridgehead atoms. The summed E-state index contributed by atoms with van der Waals surface area (Å²) in [4.78, 5) is 6.31. The van der Waals surface area contributed by atoms with Crippen LogP contribution >= 0.6 is 34.8 Å². The molecule has 1 aromatic rings. The van der Waals surface area contributed by atoms with Crippen molar-refractivity contribution in [3.63, 3.8) is 0 Å². The summed E-state index contributed by atoms with van der Waals surface area (Å²) in [5, 5.41) is 1.16. The summed E-state index contributed by atoms with van der Waals surface area (Å²) in [6.45, 7) is 5.53. The first-order valence-corrected chi connectivity index (χ1v) is 6.52. The lowest BCUT2D eigenvalue weighted by molar-refractivity contribution is -0.00544. The Morgan fingerprint density at radius 1 is 1.18 bits per heavy atom. The molecule has 0 saturated carbocycles. The van der Waals surface area contributed by atoms with Crippen LogP contribution < -0.4 is 4.90 Å². The van der Waals surface area contributed by atoms with E-state index in [4.69, 9.17) is 39.5 Å². The Labute approximate surface area is 116 Å². The van der Waals surface area contributed by atoms with Crippen LogP contribution in [-0.2, 0) is 4.74 Å². The first kappa shape index (κ1) is 13.2. The monoisotopic (exact) mass is 294 g/mol. The third-order valence-electron chi connectivity index (χ3n) is 2.59. The highest BCUT2D eigenvalue weighted by Crippen LogP contribution is 2.32. The summed E-state index contributed by atoms with van der Waals surface area (Å²) in [6, 6.07) is 1.62. The van der Waals surface area contributed by atoms with E-state index in [9.17, 15) is 0 Å². The molecule has 1 aliphatic rings. The molecule has 2 atom stereocenters. The van der Waals surface area contributed by atoms with E-state index in [-0.39, 0.29) is 17.4 Å². The first-order valence-electron chi connectivity index (χ1n) is 5.39. The van der Waals surface area contributed by atoms with Crippen molar-refractivity contribution in [1.29, 1.82) is 0 Å². The molecular formula is C11H13Cl3N2O. The molecule has 6 heteroatoms. The van der Waals surface area contributed by atoms with Crippen LogP contribution in [-0.4, -0.2) is 30.3 Å². The van der Waals surface area contributed by atoms with E-state index >= 15 is 0 Å². The van der Waals surface area contributed by atoms with Crippen molar-refractivity contribution in [2.45, 2.75) is 26.1 Å². The average Bonchev–Trinajstić information content (AvgIpc) is 2.22. The van der Waals surface area contributed by atoms with Crippen molar-refractivity contribution >= 4 is 40.6 Å². The fourth-order valence-electron chi connectivity index (χ4n) is 2.01. The Morgan fingerprint density at radius 2 is 1.76 bits per heavy atom. The summed E-state index contributed by atoms with van der Waals surface area (Å²) in [5.74, 6) is 0.670. The van der Waals surface area contributed by atoms with Crippen molar-refractivity contribution < 1.29 is 4.74 Å². The van der Waals surface area contributed by atoms with Crippen LogP contribution in [0.3, 0.4) is 0 Å². The molecule has 0 aliphatic carbocycles. The van der Waals surface area contributed by atoms with Crippen LogP contribution in [0.25, 0.3) is 0 Å². The molecule has 0 amide bonds. The van der Waals surface area contributed by atoms with Crippen LogP contribution in [0.2, 0.25) is 15.2 Å². The van der Waals surface area contributed by atoms with Gasteiger partial charge in [0.25, 0.3) is 0 Å². The standard InChI is InChI=1S/C11H13Cl3N2O/c1-6-4-16(5-7(2)17-6)11-9(13)3-8(12)10(14)15-11/h3,6-7H,4-5H2,1-2H3/t6-,7+. The van der Waals surface area contributed by atoms with E-state index in [0.717, 1.165) is 13.1 Å². The van der Waals surface area contributed by atoms with Gasteiger partial charge in [-0.2, -0.15) is 0 Å². The highest BCUT2D eigenvalue weighted by Gasteiger charge is 2.25. The predicted octanol–water partition coefficient (Wildman–Crippen LogP) is 3.66. The number of morpholine rings is 1. The Hall–Kier alpha value is -0.220. The maximum absolute atomic E-state index is 6.14. The van der Waals surface area contributed by atoms with Gasteiger partial charge in [0.1, 0.15) is 11.0 Å². The van der Waals surface area contributed by atoms with E-state index in [2.05, 4.69) is 9.88 Å².